The maximum Gasteiger partial charge on any atom is 0.245 e. The minimum atomic E-state index is -0.726. The van der Waals surface area contributed by atoms with E-state index in [2.05, 4.69) is 40.4 Å². The molecule has 2 unspecified atom stereocenters. The predicted octanol–water partition coefficient (Wildman–Crippen LogP) is 4.87. The third kappa shape index (κ3) is 16.2. The molecule has 1 heterocycles. The number of hydrogen-bond donors (Lipinski definition) is 3. The number of benzene rings is 2. The van der Waals surface area contributed by atoms with Gasteiger partial charge in [0.05, 0.1) is 52.8 Å². The zero-order valence-corrected chi connectivity index (χ0v) is 32.7. The van der Waals surface area contributed by atoms with Crippen molar-refractivity contribution in [1.29, 1.82) is 0 Å². The lowest BCUT2D eigenvalue weighted by molar-refractivity contribution is -0.129. The molecule has 2 aromatic carbocycles. The van der Waals surface area contributed by atoms with Crippen LogP contribution in [0.5, 0.6) is 0 Å². The summed E-state index contributed by atoms with van der Waals surface area (Å²) in [6, 6.07) is 15.0. The molecule has 0 aromatic heterocycles. The Morgan fingerprint density at radius 2 is 1.48 bits per heavy atom. The van der Waals surface area contributed by atoms with Gasteiger partial charge in [0.1, 0.15) is 12.1 Å². The van der Waals surface area contributed by atoms with Crippen LogP contribution in [0.4, 0.5) is 5.69 Å². The average molecular weight is 750 g/mol. The second kappa shape index (κ2) is 26.0. The van der Waals surface area contributed by atoms with E-state index in [4.69, 9.17) is 24.7 Å². The van der Waals surface area contributed by atoms with Crippen LogP contribution in [-0.2, 0) is 46.3 Å². The van der Waals surface area contributed by atoms with Crippen molar-refractivity contribution in [2.75, 3.05) is 71.3 Å². The highest BCUT2D eigenvalue weighted by Gasteiger charge is 2.26. The number of anilines is 1. The van der Waals surface area contributed by atoms with Crippen molar-refractivity contribution in [2.45, 2.75) is 83.8 Å². The van der Waals surface area contributed by atoms with E-state index in [1.165, 1.54) is 0 Å². The zero-order chi connectivity index (χ0) is 39.0. The molecule has 4 N–H and O–H groups in total. The number of unbranched alkanes of at least 4 members (excludes halogenated alkanes) is 2. The molecule has 54 heavy (non-hydrogen) atoms. The fraction of sp³-hybridized carbons (Fsp3) is 0.571. The fourth-order valence-corrected chi connectivity index (χ4v) is 6.17. The quantitative estimate of drug-likeness (QED) is 0.0864. The number of hydrogen-bond acceptors (Lipinski definition) is 9. The van der Waals surface area contributed by atoms with Gasteiger partial charge >= 0.3 is 0 Å². The van der Waals surface area contributed by atoms with Crippen molar-refractivity contribution < 1.29 is 33.3 Å². The van der Waals surface area contributed by atoms with E-state index in [0.29, 0.717) is 78.7 Å². The van der Waals surface area contributed by atoms with Crippen LogP contribution in [-0.4, -0.2) is 102 Å². The number of para-hydroxylation sites is 1. The number of nitrogens with two attached hydrogens (primary N) is 1. The third-order valence-electron chi connectivity index (χ3n) is 9.16. The summed E-state index contributed by atoms with van der Waals surface area (Å²) < 4.78 is 22.5. The highest BCUT2D eigenvalue weighted by atomic mass is 16.6. The molecule has 0 aliphatic carbocycles. The van der Waals surface area contributed by atoms with Gasteiger partial charge in [-0.15, -0.1) is 0 Å². The molecule has 0 spiro atoms. The van der Waals surface area contributed by atoms with Crippen molar-refractivity contribution in [3.05, 3.63) is 71.8 Å². The second-order valence-electron chi connectivity index (χ2n) is 13.8. The van der Waals surface area contributed by atoms with Gasteiger partial charge in [-0.1, -0.05) is 62.9 Å². The van der Waals surface area contributed by atoms with Gasteiger partial charge in [-0.2, -0.15) is 0 Å². The lowest BCUT2D eigenvalue weighted by Gasteiger charge is -2.29. The van der Waals surface area contributed by atoms with Crippen molar-refractivity contribution >= 4 is 35.2 Å². The summed E-state index contributed by atoms with van der Waals surface area (Å²) >= 11 is 0. The molecule has 2 atom stereocenters. The van der Waals surface area contributed by atoms with Crippen molar-refractivity contribution in [3.63, 3.8) is 0 Å². The first-order valence-corrected chi connectivity index (χ1v) is 19.4. The zero-order valence-electron chi connectivity index (χ0n) is 32.7. The van der Waals surface area contributed by atoms with Crippen LogP contribution in [0.3, 0.4) is 0 Å². The van der Waals surface area contributed by atoms with E-state index < -0.39 is 18.0 Å². The number of rotatable bonds is 27. The van der Waals surface area contributed by atoms with Crippen LogP contribution in [0.2, 0.25) is 0 Å². The Hall–Kier alpha value is -3.94. The van der Waals surface area contributed by atoms with Gasteiger partial charge in [0, 0.05) is 31.4 Å². The number of nitrogens with one attached hydrogen (secondary N) is 2. The van der Waals surface area contributed by atoms with Crippen LogP contribution in [0.15, 0.2) is 60.1 Å². The fourth-order valence-electron chi connectivity index (χ4n) is 6.17. The predicted molar refractivity (Wildman–Crippen MR) is 215 cm³/mol. The summed E-state index contributed by atoms with van der Waals surface area (Å²) in [7, 11) is 1.89. The largest absolute Gasteiger partial charge is 0.379 e. The Morgan fingerprint density at radius 3 is 2.15 bits per heavy atom. The van der Waals surface area contributed by atoms with Gasteiger partial charge in [-0.05, 0) is 86.4 Å². The Labute approximate surface area is 322 Å². The van der Waals surface area contributed by atoms with E-state index in [1.807, 2.05) is 56.1 Å². The first kappa shape index (κ1) is 44.5. The molecule has 3 rings (SSSR count). The average Bonchev–Trinajstić information content (AvgIpc) is 3.15. The molecule has 2 aromatic rings. The monoisotopic (exact) mass is 749 g/mol. The van der Waals surface area contributed by atoms with Crippen LogP contribution >= 0.6 is 0 Å². The molecule has 3 amide bonds. The van der Waals surface area contributed by atoms with E-state index in [1.54, 1.807) is 6.21 Å². The molecule has 12 heteroatoms. The number of allylic oxidation sites excluding steroid dienone is 1. The summed E-state index contributed by atoms with van der Waals surface area (Å²) in [4.78, 5) is 44.4. The maximum atomic E-state index is 13.4. The van der Waals surface area contributed by atoms with E-state index in [9.17, 15) is 14.4 Å². The molecule has 0 bridgehead atoms. The van der Waals surface area contributed by atoms with Crippen LogP contribution in [0.1, 0.15) is 75.5 Å². The summed E-state index contributed by atoms with van der Waals surface area (Å²) in [6.45, 7) is 13.2. The number of nitrogens with zero attached hydrogens (tertiary/aromatic N) is 2. The smallest absolute Gasteiger partial charge is 0.245 e. The normalized spacial score (nSPS) is 14.0. The van der Waals surface area contributed by atoms with Crippen LogP contribution < -0.4 is 21.3 Å². The van der Waals surface area contributed by atoms with Gasteiger partial charge in [-0.25, -0.2) is 0 Å². The number of fused-ring (bicyclic) bond motifs is 2. The van der Waals surface area contributed by atoms with Crippen LogP contribution in [0, 0.1) is 5.92 Å². The van der Waals surface area contributed by atoms with Gasteiger partial charge < -0.3 is 40.2 Å². The van der Waals surface area contributed by atoms with Crippen LogP contribution in [0.25, 0.3) is 5.57 Å². The van der Waals surface area contributed by atoms with Gasteiger partial charge in [-0.3, -0.25) is 19.4 Å². The number of primary amides is 1. The summed E-state index contributed by atoms with van der Waals surface area (Å²) in [5, 5.41) is 5.87. The minimum absolute atomic E-state index is 0.107. The Morgan fingerprint density at radius 1 is 0.852 bits per heavy atom. The Bertz CT molecular complexity index is 1470. The first-order valence-electron chi connectivity index (χ1n) is 19.4. The van der Waals surface area contributed by atoms with E-state index >= 15 is 0 Å². The molecular formula is C42H63N5O7. The first-order chi connectivity index (χ1) is 26.2. The number of ether oxygens (including phenoxy) is 4. The van der Waals surface area contributed by atoms with Gasteiger partial charge in [0.15, 0.2) is 0 Å². The van der Waals surface area contributed by atoms with Gasteiger partial charge in [0.2, 0.25) is 17.7 Å². The SMILES string of the molecule is C=C1Cc2ccccc2N(C(=O)CCCCOCCOCCOCCOCCC=NC(CCCCNC)C(=O)NC(C(N)=O)C(C)C)Cc2ccccc21. The minimum Gasteiger partial charge on any atom is -0.379 e. The molecule has 298 valence electrons. The van der Waals surface area contributed by atoms with Crippen molar-refractivity contribution in [2.24, 2.45) is 16.6 Å². The summed E-state index contributed by atoms with van der Waals surface area (Å²) in [5.41, 5.74) is 10.9. The topological polar surface area (TPSA) is 154 Å². The number of amides is 3. The van der Waals surface area contributed by atoms with Crippen molar-refractivity contribution in [3.8, 4) is 0 Å². The maximum absolute atomic E-state index is 13.4. The Kier molecular flexibility index (Phi) is 21.4. The molecule has 0 fully saturated rings. The third-order valence-corrected chi connectivity index (χ3v) is 9.16. The van der Waals surface area contributed by atoms with E-state index in [0.717, 1.165) is 66.6 Å². The molecule has 1 aliphatic rings. The molecule has 12 nitrogen and oxygen atoms in total. The molecular weight excluding hydrogens is 686 g/mol. The number of carbonyl (C=O) groups is 3. The second-order valence-corrected chi connectivity index (χ2v) is 13.8. The molecule has 0 radical (unpaired) electrons. The highest BCUT2D eigenvalue weighted by molar-refractivity contribution is 5.95. The standard InChI is InChI=1S/C42H63N5O7/c1-32(2)40(41(43)49)46-42(50)37(17-9-11-20-44-4)45-21-13-23-52-25-27-54-29-28-53-26-24-51-22-12-10-19-39(48)47-31-35-15-5-7-16-36(35)33(3)30-34-14-6-8-18-38(34)47/h5-8,14-16,18,21,32,37,40,44H,3,9-13,17,19-20,22-31H2,1-2,4H3,(H2,43,49)(H,46,50). The van der Waals surface area contributed by atoms with Crippen molar-refractivity contribution in [1.82, 2.24) is 10.6 Å². The number of carbonyl (C=O) groups excluding carboxylic acids is 3. The van der Waals surface area contributed by atoms with E-state index in [-0.39, 0.29) is 17.7 Å². The van der Waals surface area contributed by atoms with Gasteiger partial charge in [0.25, 0.3) is 0 Å². The highest BCUT2D eigenvalue weighted by Crippen LogP contribution is 2.33. The molecule has 0 saturated heterocycles. The Balaban J connectivity index is 1.20. The molecule has 1 aliphatic heterocycles. The number of aliphatic imine (C=N–C) groups is 1. The summed E-state index contributed by atoms with van der Waals surface area (Å²) in [6.07, 6.45) is 7.34. The summed E-state index contributed by atoms with van der Waals surface area (Å²) in [5.74, 6) is -0.825. The lowest BCUT2D eigenvalue weighted by atomic mass is 9.92. The lowest BCUT2D eigenvalue weighted by Crippen LogP contribution is -2.50. The molecule has 0 saturated carbocycles.